The van der Waals surface area contributed by atoms with E-state index in [0.717, 1.165) is 6.42 Å². The molecule has 0 heterocycles. The molecule has 0 aromatic rings. The van der Waals surface area contributed by atoms with E-state index in [-0.39, 0.29) is 5.97 Å². The third-order valence-corrected chi connectivity index (χ3v) is 1.01. The van der Waals surface area contributed by atoms with Gasteiger partial charge in [-0.25, -0.2) is 4.79 Å². The summed E-state index contributed by atoms with van der Waals surface area (Å²) in [6.07, 6.45) is 2.08. The summed E-state index contributed by atoms with van der Waals surface area (Å²) in [7, 11) is 0. The standard InChI is InChI=1S/C7H13NO2/c1-3-4-10-7(9)6(2)5-8/h5H,3-4,8H2,1-2H3. The van der Waals surface area contributed by atoms with E-state index in [1.165, 1.54) is 6.20 Å². The van der Waals surface area contributed by atoms with Crippen molar-refractivity contribution in [3.8, 4) is 0 Å². The quantitative estimate of drug-likeness (QED) is 0.469. The van der Waals surface area contributed by atoms with Gasteiger partial charge in [-0.2, -0.15) is 0 Å². The molecular weight excluding hydrogens is 130 g/mol. The van der Waals surface area contributed by atoms with Gasteiger partial charge in [-0.3, -0.25) is 0 Å². The Kier molecular flexibility index (Phi) is 4.37. The van der Waals surface area contributed by atoms with Gasteiger partial charge < -0.3 is 10.5 Å². The van der Waals surface area contributed by atoms with Crippen LogP contribution in [-0.4, -0.2) is 12.6 Å². The molecule has 0 rings (SSSR count). The summed E-state index contributed by atoms with van der Waals surface area (Å²) in [4.78, 5) is 10.8. The maximum atomic E-state index is 10.8. The predicted octanol–water partition coefficient (Wildman–Crippen LogP) is 0.802. The number of hydrogen-bond acceptors (Lipinski definition) is 3. The zero-order valence-corrected chi connectivity index (χ0v) is 6.39. The minimum absolute atomic E-state index is 0.329. The van der Waals surface area contributed by atoms with Crippen molar-refractivity contribution < 1.29 is 9.53 Å². The highest BCUT2D eigenvalue weighted by atomic mass is 16.5. The molecule has 0 amide bonds. The van der Waals surface area contributed by atoms with Crippen molar-refractivity contribution in [1.82, 2.24) is 0 Å². The van der Waals surface area contributed by atoms with E-state index in [0.29, 0.717) is 12.2 Å². The molecule has 0 fully saturated rings. The summed E-state index contributed by atoms with van der Waals surface area (Å²) in [5.74, 6) is -0.329. The van der Waals surface area contributed by atoms with Gasteiger partial charge in [0.15, 0.2) is 0 Å². The van der Waals surface area contributed by atoms with Crippen LogP contribution in [0.4, 0.5) is 0 Å². The number of carbonyl (C=O) groups excluding carboxylic acids is 1. The van der Waals surface area contributed by atoms with Gasteiger partial charge in [-0.05, 0) is 13.3 Å². The lowest BCUT2D eigenvalue weighted by Gasteiger charge is -2.00. The highest BCUT2D eigenvalue weighted by molar-refractivity contribution is 5.87. The highest BCUT2D eigenvalue weighted by Crippen LogP contribution is 1.93. The lowest BCUT2D eigenvalue weighted by Crippen LogP contribution is -2.07. The number of hydrogen-bond donors (Lipinski definition) is 1. The molecule has 0 saturated heterocycles. The van der Waals surface area contributed by atoms with Crippen molar-refractivity contribution in [2.45, 2.75) is 20.3 Å². The third kappa shape index (κ3) is 3.12. The van der Waals surface area contributed by atoms with Crippen molar-refractivity contribution in [3.63, 3.8) is 0 Å². The average Bonchev–Trinajstić information content (AvgIpc) is 1.98. The molecule has 3 heteroatoms. The van der Waals surface area contributed by atoms with Crippen LogP contribution < -0.4 is 5.73 Å². The summed E-state index contributed by atoms with van der Waals surface area (Å²) in [5, 5.41) is 0. The zero-order valence-electron chi connectivity index (χ0n) is 6.39. The Morgan fingerprint density at radius 3 is 2.70 bits per heavy atom. The van der Waals surface area contributed by atoms with Crippen molar-refractivity contribution in [1.29, 1.82) is 0 Å². The molecule has 3 nitrogen and oxygen atoms in total. The second kappa shape index (κ2) is 4.85. The number of nitrogens with two attached hydrogens (primary N) is 1. The molecule has 0 atom stereocenters. The largest absolute Gasteiger partial charge is 0.462 e. The number of rotatable bonds is 3. The third-order valence-electron chi connectivity index (χ3n) is 1.01. The van der Waals surface area contributed by atoms with Gasteiger partial charge in [0.1, 0.15) is 0 Å². The Balaban J connectivity index is 3.63. The minimum Gasteiger partial charge on any atom is -0.462 e. The van der Waals surface area contributed by atoms with Gasteiger partial charge in [-0.15, -0.1) is 0 Å². The molecule has 58 valence electrons. The summed E-state index contributed by atoms with van der Waals surface area (Å²) in [6.45, 7) is 4.02. The fourth-order valence-electron chi connectivity index (χ4n) is 0.377. The fourth-order valence-corrected chi connectivity index (χ4v) is 0.377. The molecule has 0 aliphatic rings. The monoisotopic (exact) mass is 143 g/mol. The molecule has 0 saturated carbocycles. The predicted molar refractivity (Wildman–Crippen MR) is 39.2 cm³/mol. The van der Waals surface area contributed by atoms with Crippen LogP contribution >= 0.6 is 0 Å². The van der Waals surface area contributed by atoms with Crippen molar-refractivity contribution in [2.75, 3.05) is 6.61 Å². The fraction of sp³-hybridized carbons (Fsp3) is 0.571. The zero-order chi connectivity index (χ0) is 7.98. The first-order chi connectivity index (χ1) is 4.72. The Hall–Kier alpha value is -0.990. The lowest BCUT2D eigenvalue weighted by molar-refractivity contribution is -0.138. The Bertz CT molecular complexity index is 141. The lowest BCUT2D eigenvalue weighted by atomic mass is 10.3. The van der Waals surface area contributed by atoms with E-state index < -0.39 is 0 Å². The van der Waals surface area contributed by atoms with Crippen LogP contribution in [0.5, 0.6) is 0 Å². The van der Waals surface area contributed by atoms with E-state index in [1.807, 2.05) is 6.92 Å². The number of carbonyl (C=O) groups is 1. The summed E-state index contributed by atoms with van der Waals surface area (Å²) >= 11 is 0. The molecular formula is C7H13NO2. The van der Waals surface area contributed by atoms with Crippen LogP contribution in [0.1, 0.15) is 20.3 Å². The molecule has 0 aliphatic carbocycles. The molecule has 0 aliphatic heterocycles. The topological polar surface area (TPSA) is 52.3 Å². The van der Waals surface area contributed by atoms with Gasteiger partial charge in [0, 0.05) is 11.8 Å². The molecule has 0 radical (unpaired) electrons. The molecule has 0 spiro atoms. The van der Waals surface area contributed by atoms with E-state index in [1.54, 1.807) is 6.92 Å². The van der Waals surface area contributed by atoms with E-state index in [9.17, 15) is 4.79 Å². The second-order valence-electron chi connectivity index (χ2n) is 1.99. The molecule has 0 aromatic heterocycles. The molecule has 0 bridgehead atoms. The number of ether oxygens (including phenoxy) is 1. The first-order valence-corrected chi connectivity index (χ1v) is 3.28. The van der Waals surface area contributed by atoms with Crippen LogP contribution in [-0.2, 0) is 9.53 Å². The van der Waals surface area contributed by atoms with E-state index >= 15 is 0 Å². The molecule has 0 unspecified atom stereocenters. The maximum absolute atomic E-state index is 10.8. The Morgan fingerprint density at radius 1 is 1.70 bits per heavy atom. The number of esters is 1. The van der Waals surface area contributed by atoms with E-state index in [4.69, 9.17) is 10.5 Å². The van der Waals surface area contributed by atoms with Crippen molar-refractivity contribution in [3.05, 3.63) is 11.8 Å². The summed E-state index contributed by atoms with van der Waals surface area (Å²) < 4.78 is 4.76. The smallest absolute Gasteiger partial charge is 0.335 e. The molecule has 2 N–H and O–H groups in total. The second-order valence-corrected chi connectivity index (χ2v) is 1.99. The van der Waals surface area contributed by atoms with Crippen LogP contribution in [0.15, 0.2) is 11.8 Å². The normalized spacial score (nSPS) is 11.2. The van der Waals surface area contributed by atoms with Crippen LogP contribution in [0, 0.1) is 0 Å². The SMILES string of the molecule is CCCOC(=O)C(C)=CN. The van der Waals surface area contributed by atoms with Crippen molar-refractivity contribution >= 4 is 5.97 Å². The Morgan fingerprint density at radius 2 is 2.30 bits per heavy atom. The minimum atomic E-state index is -0.329. The van der Waals surface area contributed by atoms with E-state index in [2.05, 4.69) is 0 Å². The highest BCUT2D eigenvalue weighted by Gasteiger charge is 2.02. The average molecular weight is 143 g/mol. The first kappa shape index (κ1) is 9.01. The van der Waals surface area contributed by atoms with Gasteiger partial charge in [0.05, 0.1) is 6.61 Å². The maximum Gasteiger partial charge on any atom is 0.335 e. The van der Waals surface area contributed by atoms with Crippen molar-refractivity contribution in [2.24, 2.45) is 5.73 Å². The van der Waals surface area contributed by atoms with Gasteiger partial charge in [-0.1, -0.05) is 6.92 Å². The van der Waals surface area contributed by atoms with Gasteiger partial charge in [0.25, 0.3) is 0 Å². The van der Waals surface area contributed by atoms with Crippen LogP contribution in [0.25, 0.3) is 0 Å². The molecule has 10 heavy (non-hydrogen) atoms. The summed E-state index contributed by atoms with van der Waals surface area (Å²) in [6, 6.07) is 0. The van der Waals surface area contributed by atoms with Crippen LogP contribution in [0.3, 0.4) is 0 Å². The van der Waals surface area contributed by atoms with Gasteiger partial charge >= 0.3 is 5.97 Å². The molecule has 0 aromatic carbocycles. The Labute approximate surface area is 60.9 Å². The van der Waals surface area contributed by atoms with Gasteiger partial charge in [0.2, 0.25) is 0 Å². The summed E-state index contributed by atoms with van der Waals surface area (Å²) in [5.41, 5.74) is 5.53. The first-order valence-electron chi connectivity index (χ1n) is 3.28. The van der Waals surface area contributed by atoms with Crippen LogP contribution in [0.2, 0.25) is 0 Å².